The van der Waals surface area contributed by atoms with E-state index in [1.165, 1.54) is 28.6 Å². The number of non-ortho nitro benzene ring substituents is 1. The molecule has 1 aromatic rings. The summed E-state index contributed by atoms with van der Waals surface area (Å²) < 4.78 is 32.0. The lowest BCUT2D eigenvalue weighted by Gasteiger charge is -2.37. The summed E-state index contributed by atoms with van der Waals surface area (Å²) in [5.41, 5.74) is 6.17. The van der Waals surface area contributed by atoms with Gasteiger partial charge in [-0.2, -0.15) is 4.31 Å². The second-order valence-electron chi connectivity index (χ2n) is 5.56. The Morgan fingerprint density at radius 3 is 2.57 bits per heavy atom. The average molecular weight is 343 g/mol. The lowest BCUT2D eigenvalue weighted by atomic mass is 10.0. The monoisotopic (exact) mass is 343 g/mol. The van der Waals surface area contributed by atoms with Gasteiger partial charge in [0.1, 0.15) is 0 Å². The molecule has 9 heteroatoms. The van der Waals surface area contributed by atoms with Gasteiger partial charge < -0.3 is 10.5 Å². The van der Waals surface area contributed by atoms with Gasteiger partial charge in [-0.3, -0.25) is 10.1 Å². The maximum Gasteiger partial charge on any atom is 0.269 e. The molecule has 128 valence electrons. The van der Waals surface area contributed by atoms with Gasteiger partial charge in [-0.25, -0.2) is 8.42 Å². The van der Waals surface area contributed by atoms with Crippen molar-refractivity contribution in [2.45, 2.75) is 30.7 Å². The van der Waals surface area contributed by atoms with Gasteiger partial charge in [-0.05, 0) is 18.4 Å². The highest BCUT2D eigenvalue weighted by Crippen LogP contribution is 2.24. The molecule has 1 saturated heterocycles. The van der Waals surface area contributed by atoms with Crippen LogP contribution in [0.4, 0.5) is 5.69 Å². The molecule has 2 N–H and O–H groups in total. The Balaban J connectivity index is 2.12. The van der Waals surface area contributed by atoms with Crippen LogP contribution in [0.25, 0.3) is 0 Å². The molecule has 1 aromatic carbocycles. The van der Waals surface area contributed by atoms with E-state index in [4.69, 9.17) is 10.5 Å². The number of nitrogens with two attached hydrogens (primary N) is 1. The van der Waals surface area contributed by atoms with Gasteiger partial charge in [-0.1, -0.05) is 12.1 Å². The van der Waals surface area contributed by atoms with E-state index >= 15 is 0 Å². The second kappa shape index (κ2) is 7.35. The number of hydrogen-bond donors (Lipinski definition) is 1. The zero-order valence-corrected chi connectivity index (χ0v) is 13.7. The number of methoxy groups -OCH3 is 1. The standard InChI is InChI=1S/C14H21N3O5S/c1-22-14-6-7-16(13(8-14)9-15)23(20,21)10-11-2-4-12(5-3-11)17(18)19/h2-5,13-14H,6-10,15H2,1H3. The minimum atomic E-state index is -3.53. The fourth-order valence-corrected chi connectivity index (χ4v) is 4.58. The normalized spacial score (nSPS) is 22.9. The van der Waals surface area contributed by atoms with E-state index < -0.39 is 14.9 Å². The number of hydrogen-bond acceptors (Lipinski definition) is 6. The first-order valence-corrected chi connectivity index (χ1v) is 8.94. The minimum Gasteiger partial charge on any atom is -0.381 e. The summed E-state index contributed by atoms with van der Waals surface area (Å²) in [6.45, 7) is 0.606. The first-order valence-electron chi connectivity index (χ1n) is 7.33. The Hall–Kier alpha value is -1.55. The van der Waals surface area contributed by atoms with Crippen molar-refractivity contribution in [3.63, 3.8) is 0 Å². The van der Waals surface area contributed by atoms with Crippen LogP contribution >= 0.6 is 0 Å². The molecule has 1 aliphatic rings. The highest BCUT2D eigenvalue weighted by atomic mass is 32.2. The van der Waals surface area contributed by atoms with Crippen LogP contribution in [0.1, 0.15) is 18.4 Å². The zero-order valence-electron chi connectivity index (χ0n) is 12.9. The van der Waals surface area contributed by atoms with Crippen LogP contribution in [-0.4, -0.2) is 50.0 Å². The Bertz CT molecular complexity index is 647. The zero-order chi connectivity index (χ0) is 17.0. The summed E-state index contributed by atoms with van der Waals surface area (Å²) >= 11 is 0. The molecule has 8 nitrogen and oxygen atoms in total. The minimum absolute atomic E-state index is 0.0226. The highest BCUT2D eigenvalue weighted by molar-refractivity contribution is 7.88. The molecule has 23 heavy (non-hydrogen) atoms. The molecule has 0 aliphatic carbocycles. The molecule has 0 saturated carbocycles. The van der Waals surface area contributed by atoms with Crippen LogP contribution in [0.5, 0.6) is 0 Å². The first kappa shape index (κ1) is 17.8. The van der Waals surface area contributed by atoms with Crippen molar-refractivity contribution in [1.82, 2.24) is 4.31 Å². The van der Waals surface area contributed by atoms with E-state index in [2.05, 4.69) is 0 Å². The van der Waals surface area contributed by atoms with Gasteiger partial charge in [-0.15, -0.1) is 0 Å². The first-order chi connectivity index (χ1) is 10.9. The SMILES string of the molecule is COC1CCN(S(=O)(=O)Cc2ccc([N+](=O)[O-])cc2)C(CN)C1. The van der Waals surface area contributed by atoms with Crippen LogP contribution < -0.4 is 5.73 Å². The average Bonchev–Trinajstić information content (AvgIpc) is 2.54. The van der Waals surface area contributed by atoms with Crippen molar-refractivity contribution in [2.24, 2.45) is 5.73 Å². The number of benzene rings is 1. The number of nitro groups is 1. The van der Waals surface area contributed by atoms with Crippen molar-refractivity contribution in [2.75, 3.05) is 20.2 Å². The van der Waals surface area contributed by atoms with Gasteiger partial charge in [0.2, 0.25) is 10.0 Å². The van der Waals surface area contributed by atoms with E-state index in [0.717, 1.165) is 0 Å². The van der Waals surface area contributed by atoms with Gasteiger partial charge in [0, 0.05) is 38.4 Å². The lowest BCUT2D eigenvalue weighted by Crippen LogP contribution is -2.51. The van der Waals surface area contributed by atoms with Crippen molar-refractivity contribution >= 4 is 15.7 Å². The van der Waals surface area contributed by atoms with E-state index in [1.807, 2.05) is 0 Å². The van der Waals surface area contributed by atoms with E-state index in [9.17, 15) is 18.5 Å². The third-order valence-electron chi connectivity index (χ3n) is 4.07. The summed E-state index contributed by atoms with van der Waals surface area (Å²) in [6.07, 6.45) is 1.23. The maximum atomic E-state index is 12.6. The molecule has 1 aliphatic heterocycles. The molecular formula is C14H21N3O5S. The molecule has 0 aromatic heterocycles. The summed E-state index contributed by atoms with van der Waals surface area (Å²) in [5, 5.41) is 10.6. The third kappa shape index (κ3) is 4.25. The summed E-state index contributed by atoms with van der Waals surface area (Å²) in [4.78, 5) is 10.1. The largest absolute Gasteiger partial charge is 0.381 e. The number of ether oxygens (including phenoxy) is 1. The molecule has 2 rings (SSSR count). The Kier molecular flexibility index (Phi) is 5.69. The van der Waals surface area contributed by atoms with Crippen LogP contribution in [0.2, 0.25) is 0 Å². The molecule has 1 fully saturated rings. The maximum absolute atomic E-state index is 12.6. The van der Waals surface area contributed by atoms with Crippen LogP contribution in [0.15, 0.2) is 24.3 Å². The molecule has 0 radical (unpaired) electrons. The molecular weight excluding hydrogens is 322 g/mol. The van der Waals surface area contributed by atoms with E-state index in [-0.39, 0.29) is 30.1 Å². The Morgan fingerprint density at radius 2 is 2.04 bits per heavy atom. The predicted molar refractivity (Wildman–Crippen MR) is 85.3 cm³/mol. The van der Waals surface area contributed by atoms with E-state index in [1.54, 1.807) is 7.11 Å². The molecule has 0 spiro atoms. The van der Waals surface area contributed by atoms with Gasteiger partial charge in [0.15, 0.2) is 0 Å². The quantitative estimate of drug-likeness (QED) is 0.605. The number of piperidine rings is 1. The molecule has 1 heterocycles. The van der Waals surface area contributed by atoms with Crippen molar-refractivity contribution in [1.29, 1.82) is 0 Å². The lowest BCUT2D eigenvalue weighted by molar-refractivity contribution is -0.384. The molecule has 2 unspecified atom stereocenters. The summed E-state index contributed by atoms with van der Waals surface area (Å²) in [6, 6.07) is 5.27. The van der Waals surface area contributed by atoms with Gasteiger partial charge in [0.25, 0.3) is 5.69 Å². The molecule has 2 atom stereocenters. The number of rotatable bonds is 6. The Labute approximate surface area is 135 Å². The second-order valence-corrected chi connectivity index (χ2v) is 7.48. The van der Waals surface area contributed by atoms with Gasteiger partial charge in [0.05, 0.1) is 16.8 Å². The predicted octanol–water partition coefficient (Wildman–Crippen LogP) is 0.863. The van der Waals surface area contributed by atoms with Crippen LogP contribution in [0.3, 0.4) is 0 Å². The van der Waals surface area contributed by atoms with Gasteiger partial charge >= 0.3 is 0 Å². The number of sulfonamides is 1. The number of nitrogens with zero attached hydrogens (tertiary/aromatic N) is 2. The highest BCUT2D eigenvalue weighted by Gasteiger charge is 2.35. The van der Waals surface area contributed by atoms with E-state index in [0.29, 0.717) is 24.9 Å². The fraction of sp³-hybridized carbons (Fsp3) is 0.571. The molecule has 0 bridgehead atoms. The topological polar surface area (TPSA) is 116 Å². The number of nitro benzene ring substituents is 1. The van der Waals surface area contributed by atoms with Crippen molar-refractivity contribution < 1.29 is 18.1 Å². The third-order valence-corrected chi connectivity index (χ3v) is 5.97. The molecule has 0 amide bonds. The Morgan fingerprint density at radius 1 is 1.39 bits per heavy atom. The summed E-state index contributed by atoms with van der Waals surface area (Å²) in [7, 11) is -1.92. The fourth-order valence-electron chi connectivity index (χ4n) is 2.79. The van der Waals surface area contributed by atoms with Crippen molar-refractivity contribution in [3.8, 4) is 0 Å². The summed E-state index contributed by atoms with van der Waals surface area (Å²) in [5.74, 6) is -0.195. The van der Waals surface area contributed by atoms with Crippen molar-refractivity contribution in [3.05, 3.63) is 39.9 Å². The smallest absolute Gasteiger partial charge is 0.269 e. The van der Waals surface area contributed by atoms with Crippen LogP contribution in [0, 0.1) is 10.1 Å². The van der Waals surface area contributed by atoms with Crippen LogP contribution in [-0.2, 0) is 20.5 Å².